The predicted molar refractivity (Wildman–Crippen MR) is 102 cm³/mol. The molecule has 0 saturated carbocycles. The average molecular weight is 348 g/mol. The van der Waals surface area contributed by atoms with Gasteiger partial charge in [-0.3, -0.25) is 9.78 Å². The van der Waals surface area contributed by atoms with Crippen LogP contribution in [-0.2, 0) is 18.3 Å². The normalized spacial score (nSPS) is 17.1. The fourth-order valence-electron chi connectivity index (χ4n) is 3.86. The van der Waals surface area contributed by atoms with E-state index >= 15 is 0 Å². The molecule has 1 aromatic carbocycles. The molecule has 5 heteroatoms. The maximum Gasteiger partial charge on any atom is 0.222 e. The van der Waals surface area contributed by atoms with Crippen molar-refractivity contribution >= 4 is 16.9 Å². The molecule has 1 aliphatic rings. The molecule has 26 heavy (non-hydrogen) atoms. The van der Waals surface area contributed by atoms with Crippen LogP contribution in [0, 0.1) is 0 Å². The summed E-state index contributed by atoms with van der Waals surface area (Å²) in [4.78, 5) is 23.5. The van der Waals surface area contributed by atoms with Crippen LogP contribution in [0.2, 0.25) is 0 Å². The van der Waals surface area contributed by atoms with Gasteiger partial charge >= 0.3 is 0 Å². The number of hydrogen-bond donors (Lipinski definition) is 0. The molecule has 1 saturated heterocycles. The van der Waals surface area contributed by atoms with Crippen LogP contribution in [0.25, 0.3) is 11.0 Å². The van der Waals surface area contributed by atoms with Crippen molar-refractivity contribution < 1.29 is 4.79 Å². The Labute approximate surface area is 153 Å². The number of aryl methyl sites for hydroxylation is 2. The fraction of sp³-hybridized carbons (Fsp3) is 0.381. The summed E-state index contributed by atoms with van der Waals surface area (Å²) in [6.45, 7) is 1.60. The third-order valence-corrected chi connectivity index (χ3v) is 5.32. The highest BCUT2D eigenvalue weighted by molar-refractivity contribution is 5.77. The van der Waals surface area contributed by atoms with E-state index in [0.29, 0.717) is 12.3 Å². The highest BCUT2D eigenvalue weighted by Crippen LogP contribution is 2.29. The van der Waals surface area contributed by atoms with Crippen LogP contribution in [0.1, 0.15) is 36.6 Å². The van der Waals surface area contributed by atoms with Gasteiger partial charge in [0.2, 0.25) is 5.91 Å². The predicted octanol–water partition coefficient (Wildman–Crippen LogP) is 3.31. The van der Waals surface area contributed by atoms with Gasteiger partial charge in [0.25, 0.3) is 0 Å². The Morgan fingerprint density at radius 1 is 1.23 bits per heavy atom. The molecule has 3 heterocycles. The van der Waals surface area contributed by atoms with Gasteiger partial charge in [-0.25, -0.2) is 4.98 Å². The van der Waals surface area contributed by atoms with E-state index < -0.39 is 0 Å². The Morgan fingerprint density at radius 3 is 2.88 bits per heavy atom. The fourth-order valence-corrected chi connectivity index (χ4v) is 3.86. The van der Waals surface area contributed by atoms with Crippen molar-refractivity contribution in [2.75, 3.05) is 13.1 Å². The molecule has 4 rings (SSSR count). The molecule has 0 bridgehead atoms. The Bertz CT molecular complexity index is 903. The van der Waals surface area contributed by atoms with E-state index in [1.165, 1.54) is 5.56 Å². The van der Waals surface area contributed by atoms with Crippen molar-refractivity contribution in [3.8, 4) is 0 Å². The quantitative estimate of drug-likeness (QED) is 0.711. The van der Waals surface area contributed by atoms with Gasteiger partial charge in [0.15, 0.2) is 0 Å². The number of carbonyl (C=O) groups excluding carboxylic acids is 1. The van der Waals surface area contributed by atoms with E-state index in [9.17, 15) is 4.79 Å². The average Bonchev–Trinajstić information content (AvgIpc) is 3.28. The second-order valence-electron chi connectivity index (χ2n) is 7.06. The van der Waals surface area contributed by atoms with Crippen LogP contribution in [0.5, 0.6) is 0 Å². The summed E-state index contributed by atoms with van der Waals surface area (Å²) in [6.07, 6.45) is 7.09. The van der Waals surface area contributed by atoms with Gasteiger partial charge in [-0.15, -0.1) is 0 Å². The number of likely N-dealkylation sites (tertiary alicyclic amines) is 1. The number of hydrogen-bond acceptors (Lipinski definition) is 3. The number of fused-ring (bicyclic) bond motifs is 1. The molecule has 0 unspecified atom stereocenters. The summed E-state index contributed by atoms with van der Waals surface area (Å²) in [5, 5.41) is 0. The third-order valence-electron chi connectivity index (χ3n) is 5.32. The van der Waals surface area contributed by atoms with Gasteiger partial charge < -0.3 is 9.47 Å². The van der Waals surface area contributed by atoms with E-state index in [1.54, 1.807) is 6.20 Å². The smallest absolute Gasteiger partial charge is 0.222 e. The number of nitrogens with zero attached hydrogens (tertiary/aromatic N) is 4. The Kier molecular flexibility index (Phi) is 4.69. The molecule has 0 aliphatic carbocycles. The van der Waals surface area contributed by atoms with Crippen molar-refractivity contribution in [1.82, 2.24) is 19.4 Å². The third kappa shape index (κ3) is 3.34. The lowest BCUT2D eigenvalue weighted by molar-refractivity contribution is -0.130. The summed E-state index contributed by atoms with van der Waals surface area (Å²) in [6, 6.07) is 12.3. The minimum absolute atomic E-state index is 0.267. The largest absolute Gasteiger partial charge is 0.342 e. The molecule has 1 atom stereocenters. The molecular weight excluding hydrogens is 324 g/mol. The first-order valence-corrected chi connectivity index (χ1v) is 9.30. The lowest BCUT2D eigenvalue weighted by atomic mass is 10.1. The Hall–Kier alpha value is -2.69. The lowest BCUT2D eigenvalue weighted by Gasteiger charge is -2.16. The van der Waals surface area contributed by atoms with Crippen LogP contribution in [-0.4, -0.2) is 38.4 Å². The molecular formula is C21H24N4O. The van der Waals surface area contributed by atoms with E-state index in [2.05, 4.69) is 33.8 Å². The van der Waals surface area contributed by atoms with Crippen LogP contribution in [0.4, 0.5) is 0 Å². The maximum atomic E-state index is 12.6. The van der Waals surface area contributed by atoms with Crippen LogP contribution < -0.4 is 0 Å². The van der Waals surface area contributed by atoms with E-state index in [-0.39, 0.29) is 5.91 Å². The van der Waals surface area contributed by atoms with Crippen LogP contribution in [0.3, 0.4) is 0 Å². The van der Waals surface area contributed by atoms with Gasteiger partial charge in [-0.1, -0.05) is 30.3 Å². The van der Waals surface area contributed by atoms with Crippen LogP contribution in [0.15, 0.2) is 48.8 Å². The first kappa shape index (κ1) is 16.8. The number of pyridine rings is 1. The number of aromatic nitrogens is 3. The molecule has 3 aromatic rings. The number of imidazole rings is 1. The first-order chi connectivity index (χ1) is 12.7. The highest BCUT2D eigenvalue weighted by atomic mass is 16.2. The number of carbonyl (C=O) groups is 1. The lowest BCUT2D eigenvalue weighted by Crippen LogP contribution is -2.28. The highest BCUT2D eigenvalue weighted by Gasteiger charge is 2.30. The molecule has 0 radical (unpaired) electrons. The minimum Gasteiger partial charge on any atom is -0.342 e. The monoisotopic (exact) mass is 348 g/mol. The zero-order valence-corrected chi connectivity index (χ0v) is 15.1. The molecule has 1 fully saturated rings. The first-order valence-electron chi connectivity index (χ1n) is 9.30. The van der Waals surface area contributed by atoms with E-state index in [1.807, 2.05) is 30.3 Å². The summed E-state index contributed by atoms with van der Waals surface area (Å²) in [7, 11) is 2.04. The van der Waals surface area contributed by atoms with E-state index in [0.717, 1.165) is 49.2 Å². The standard InChI is InChI=1S/C21H24N4O/c1-24-19-14-22-12-10-18(19)23-21(24)17-11-13-25(15-17)20(26)9-5-8-16-6-3-2-4-7-16/h2-4,6-7,10,12,14,17H,5,8-9,11,13,15H2,1H3/t17-/m0/s1. The van der Waals surface area contributed by atoms with Gasteiger partial charge in [-0.05, 0) is 30.9 Å². The SMILES string of the molecule is Cn1c([C@H]2CCN(C(=O)CCCc3ccccc3)C2)nc2ccncc21. The van der Waals surface area contributed by atoms with Crippen LogP contribution >= 0.6 is 0 Å². The van der Waals surface area contributed by atoms with Gasteiger partial charge in [-0.2, -0.15) is 0 Å². The van der Waals surface area contributed by atoms with Crippen molar-refractivity contribution in [3.63, 3.8) is 0 Å². The number of rotatable bonds is 5. The summed E-state index contributed by atoms with van der Waals surface area (Å²) >= 11 is 0. The van der Waals surface area contributed by atoms with Crippen molar-refractivity contribution in [2.45, 2.75) is 31.6 Å². The van der Waals surface area contributed by atoms with Crippen molar-refractivity contribution in [2.24, 2.45) is 7.05 Å². The van der Waals surface area contributed by atoms with Crippen molar-refractivity contribution in [1.29, 1.82) is 0 Å². The van der Waals surface area contributed by atoms with Gasteiger partial charge in [0.1, 0.15) is 5.82 Å². The zero-order chi connectivity index (χ0) is 17.9. The topological polar surface area (TPSA) is 51.0 Å². The second-order valence-corrected chi connectivity index (χ2v) is 7.06. The summed E-state index contributed by atoms with van der Waals surface area (Å²) in [5.41, 5.74) is 3.33. The van der Waals surface area contributed by atoms with Crippen molar-refractivity contribution in [3.05, 3.63) is 60.2 Å². The molecule has 0 spiro atoms. The molecule has 1 amide bonds. The Morgan fingerprint density at radius 2 is 2.08 bits per heavy atom. The second kappa shape index (κ2) is 7.28. The molecule has 134 valence electrons. The summed E-state index contributed by atoms with van der Waals surface area (Å²) in [5.74, 6) is 1.64. The van der Waals surface area contributed by atoms with E-state index in [4.69, 9.17) is 4.98 Å². The Balaban J connectivity index is 1.35. The number of amides is 1. The molecule has 1 aliphatic heterocycles. The van der Waals surface area contributed by atoms with Gasteiger partial charge in [0.05, 0.1) is 17.2 Å². The molecule has 0 N–H and O–H groups in total. The zero-order valence-electron chi connectivity index (χ0n) is 15.1. The molecule has 5 nitrogen and oxygen atoms in total. The van der Waals surface area contributed by atoms with Gasteiger partial charge in [0, 0.05) is 38.7 Å². The number of benzene rings is 1. The summed E-state index contributed by atoms with van der Waals surface area (Å²) < 4.78 is 2.12. The molecule has 2 aromatic heterocycles. The maximum absolute atomic E-state index is 12.6. The minimum atomic E-state index is 0.267.